The second kappa shape index (κ2) is 5.37. The first-order valence-corrected chi connectivity index (χ1v) is 9.56. The molecule has 2 atom stereocenters. The first-order valence-electron chi connectivity index (χ1n) is 6.86. The van der Waals surface area contributed by atoms with E-state index in [1.807, 2.05) is 16.3 Å². The molecule has 1 N–H and O–H groups in total. The summed E-state index contributed by atoms with van der Waals surface area (Å²) in [6.07, 6.45) is 2.52. The number of carbonyl (C=O) groups excluding carboxylic acids is 1. The minimum atomic E-state index is -2.95. The summed E-state index contributed by atoms with van der Waals surface area (Å²) >= 11 is 1.67. The van der Waals surface area contributed by atoms with Crippen molar-refractivity contribution in [2.75, 3.05) is 18.1 Å². The molecule has 0 bridgehead atoms. The van der Waals surface area contributed by atoms with E-state index in [-0.39, 0.29) is 29.6 Å². The van der Waals surface area contributed by atoms with Crippen LogP contribution in [0.1, 0.15) is 30.2 Å². The van der Waals surface area contributed by atoms with Gasteiger partial charge in [0.25, 0.3) is 0 Å². The van der Waals surface area contributed by atoms with Gasteiger partial charge in [0, 0.05) is 17.5 Å². The maximum Gasteiger partial charge on any atom is 0.318 e. The average molecular weight is 314 g/mol. The Kier molecular flexibility index (Phi) is 3.72. The number of amides is 2. The quantitative estimate of drug-likeness (QED) is 0.905. The van der Waals surface area contributed by atoms with Gasteiger partial charge in [0.15, 0.2) is 9.84 Å². The summed E-state index contributed by atoms with van der Waals surface area (Å²) in [5, 5.41) is 4.90. The number of sulfone groups is 1. The molecule has 2 fully saturated rings. The molecule has 0 aromatic carbocycles. The number of nitrogens with zero attached hydrogens (tertiary/aromatic N) is 1. The number of hydrogen-bond donors (Lipinski definition) is 1. The third kappa shape index (κ3) is 2.83. The fourth-order valence-electron chi connectivity index (χ4n) is 2.95. The normalized spacial score (nSPS) is 28.7. The highest BCUT2D eigenvalue weighted by Crippen LogP contribution is 2.34. The minimum absolute atomic E-state index is 0.0796. The maximum absolute atomic E-state index is 12.3. The number of urea groups is 1. The van der Waals surface area contributed by atoms with Crippen LogP contribution in [-0.4, -0.2) is 43.4 Å². The number of rotatable bonds is 2. The second-order valence-electron chi connectivity index (χ2n) is 5.42. The molecule has 5 nitrogen and oxygen atoms in total. The zero-order chi connectivity index (χ0) is 14.2. The van der Waals surface area contributed by atoms with Gasteiger partial charge in [-0.3, -0.25) is 0 Å². The van der Waals surface area contributed by atoms with Gasteiger partial charge >= 0.3 is 6.03 Å². The standard InChI is InChI=1S/C13H18N2O3S2/c16-13(14-10-5-8-20(17,18)9-10)15-6-1-3-11(15)12-4-2-7-19-12/h2,4,7,10-11H,1,3,5-6,8-9H2,(H,14,16). The fourth-order valence-corrected chi connectivity index (χ4v) is 5.50. The number of carbonyl (C=O) groups is 1. The maximum atomic E-state index is 12.3. The molecule has 7 heteroatoms. The van der Waals surface area contributed by atoms with Gasteiger partial charge in [-0.2, -0.15) is 0 Å². The largest absolute Gasteiger partial charge is 0.334 e. The lowest BCUT2D eigenvalue weighted by molar-refractivity contribution is 0.190. The van der Waals surface area contributed by atoms with Gasteiger partial charge < -0.3 is 10.2 Å². The van der Waals surface area contributed by atoms with Crippen LogP contribution >= 0.6 is 11.3 Å². The monoisotopic (exact) mass is 314 g/mol. The van der Waals surface area contributed by atoms with Gasteiger partial charge in [0.1, 0.15) is 0 Å². The highest BCUT2D eigenvalue weighted by atomic mass is 32.2. The van der Waals surface area contributed by atoms with E-state index in [0.717, 1.165) is 19.4 Å². The summed E-state index contributed by atoms with van der Waals surface area (Å²) in [4.78, 5) is 15.4. The summed E-state index contributed by atoms with van der Waals surface area (Å²) in [5.74, 6) is 0.266. The molecular weight excluding hydrogens is 296 g/mol. The summed E-state index contributed by atoms with van der Waals surface area (Å²) in [7, 11) is -2.95. The average Bonchev–Trinajstić information content (AvgIpc) is 3.08. The third-order valence-electron chi connectivity index (χ3n) is 3.95. The Hall–Kier alpha value is -1.08. The minimum Gasteiger partial charge on any atom is -0.334 e. The second-order valence-corrected chi connectivity index (χ2v) is 8.62. The molecule has 3 heterocycles. The van der Waals surface area contributed by atoms with E-state index in [2.05, 4.69) is 11.4 Å². The summed E-state index contributed by atoms with van der Waals surface area (Å²) in [5.41, 5.74) is 0. The molecule has 20 heavy (non-hydrogen) atoms. The van der Waals surface area contributed by atoms with E-state index in [9.17, 15) is 13.2 Å². The van der Waals surface area contributed by atoms with Crippen LogP contribution in [0, 0.1) is 0 Å². The van der Waals surface area contributed by atoms with E-state index in [4.69, 9.17) is 0 Å². The highest BCUT2D eigenvalue weighted by molar-refractivity contribution is 7.91. The lowest BCUT2D eigenvalue weighted by Crippen LogP contribution is -2.44. The van der Waals surface area contributed by atoms with Crippen molar-refractivity contribution in [2.24, 2.45) is 0 Å². The van der Waals surface area contributed by atoms with Crippen molar-refractivity contribution in [3.05, 3.63) is 22.4 Å². The summed E-state index contributed by atoms with van der Waals surface area (Å²) in [6, 6.07) is 3.85. The Morgan fingerprint density at radius 3 is 2.90 bits per heavy atom. The van der Waals surface area contributed by atoms with Crippen molar-refractivity contribution in [3.8, 4) is 0 Å². The Balaban J connectivity index is 1.65. The van der Waals surface area contributed by atoms with Crippen LogP contribution in [0.5, 0.6) is 0 Å². The van der Waals surface area contributed by atoms with E-state index >= 15 is 0 Å². The van der Waals surface area contributed by atoms with Crippen LogP contribution in [0.3, 0.4) is 0 Å². The molecule has 3 rings (SSSR count). The molecular formula is C13H18N2O3S2. The van der Waals surface area contributed by atoms with Gasteiger partial charge in [0.2, 0.25) is 0 Å². The van der Waals surface area contributed by atoms with Crippen LogP contribution in [0.15, 0.2) is 17.5 Å². The molecule has 1 aromatic heterocycles. The molecule has 0 radical (unpaired) electrons. The number of hydrogen-bond acceptors (Lipinski definition) is 4. The Labute approximate surface area is 122 Å². The van der Waals surface area contributed by atoms with Crippen molar-refractivity contribution >= 4 is 27.2 Å². The van der Waals surface area contributed by atoms with Crippen LogP contribution in [0.25, 0.3) is 0 Å². The van der Waals surface area contributed by atoms with Crippen molar-refractivity contribution in [1.82, 2.24) is 10.2 Å². The Bertz CT molecular complexity index is 583. The predicted molar refractivity (Wildman–Crippen MR) is 78.6 cm³/mol. The van der Waals surface area contributed by atoms with Gasteiger partial charge in [-0.05, 0) is 30.7 Å². The van der Waals surface area contributed by atoms with Gasteiger partial charge in [-0.1, -0.05) is 6.07 Å². The molecule has 0 aliphatic carbocycles. The topological polar surface area (TPSA) is 66.5 Å². The molecule has 2 saturated heterocycles. The van der Waals surface area contributed by atoms with Crippen LogP contribution in [0.4, 0.5) is 4.79 Å². The smallest absolute Gasteiger partial charge is 0.318 e. The molecule has 2 amide bonds. The fraction of sp³-hybridized carbons (Fsp3) is 0.615. The molecule has 0 spiro atoms. The van der Waals surface area contributed by atoms with Crippen molar-refractivity contribution in [3.63, 3.8) is 0 Å². The molecule has 1 aromatic rings. The van der Waals surface area contributed by atoms with Crippen LogP contribution in [-0.2, 0) is 9.84 Å². The van der Waals surface area contributed by atoms with Crippen molar-refractivity contribution < 1.29 is 13.2 Å². The highest BCUT2D eigenvalue weighted by Gasteiger charge is 2.34. The summed E-state index contributed by atoms with van der Waals surface area (Å²) < 4.78 is 22.9. The lowest BCUT2D eigenvalue weighted by atomic mass is 10.2. The van der Waals surface area contributed by atoms with E-state index in [0.29, 0.717) is 6.42 Å². The van der Waals surface area contributed by atoms with Crippen LogP contribution in [0.2, 0.25) is 0 Å². The van der Waals surface area contributed by atoms with E-state index in [1.54, 1.807) is 11.3 Å². The van der Waals surface area contributed by atoms with Crippen molar-refractivity contribution in [2.45, 2.75) is 31.3 Å². The number of thiophene rings is 1. The van der Waals surface area contributed by atoms with Gasteiger partial charge in [-0.25, -0.2) is 13.2 Å². The summed E-state index contributed by atoms with van der Waals surface area (Å²) in [6.45, 7) is 0.744. The Morgan fingerprint density at radius 2 is 2.25 bits per heavy atom. The van der Waals surface area contributed by atoms with Crippen molar-refractivity contribution in [1.29, 1.82) is 0 Å². The molecule has 2 aliphatic rings. The van der Waals surface area contributed by atoms with E-state index < -0.39 is 9.84 Å². The first kappa shape index (κ1) is 13.9. The van der Waals surface area contributed by atoms with Crippen LogP contribution < -0.4 is 5.32 Å². The molecule has 2 aliphatic heterocycles. The van der Waals surface area contributed by atoms with E-state index in [1.165, 1.54) is 4.88 Å². The molecule has 110 valence electrons. The number of nitrogens with one attached hydrogen (secondary N) is 1. The Morgan fingerprint density at radius 1 is 1.40 bits per heavy atom. The first-order chi connectivity index (χ1) is 9.55. The predicted octanol–water partition coefficient (Wildman–Crippen LogP) is 1.78. The lowest BCUT2D eigenvalue weighted by Gasteiger charge is -2.25. The van der Waals surface area contributed by atoms with Gasteiger partial charge in [-0.15, -0.1) is 11.3 Å². The third-order valence-corrected chi connectivity index (χ3v) is 6.69. The number of likely N-dealkylation sites (tertiary alicyclic amines) is 1. The zero-order valence-electron chi connectivity index (χ0n) is 11.1. The van der Waals surface area contributed by atoms with Gasteiger partial charge in [0.05, 0.1) is 17.5 Å². The molecule has 2 unspecified atom stereocenters. The zero-order valence-corrected chi connectivity index (χ0v) is 12.8. The molecule has 0 saturated carbocycles. The SMILES string of the molecule is O=C(NC1CCS(=O)(=O)C1)N1CCCC1c1cccs1.